The second-order valence-electron chi connectivity index (χ2n) is 10.9. The minimum atomic E-state index is -0.551. The minimum Gasteiger partial charge on any atom is -0.448 e. The van der Waals surface area contributed by atoms with Crippen LogP contribution in [0.2, 0.25) is 0 Å². The number of rotatable bonds is 8. The number of nitrogens with one attached hydrogen (secondary N) is 1. The van der Waals surface area contributed by atoms with Gasteiger partial charge in [0.2, 0.25) is 5.95 Å². The summed E-state index contributed by atoms with van der Waals surface area (Å²) >= 11 is 0. The molecule has 0 radical (unpaired) electrons. The molecule has 1 saturated heterocycles. The number of hydrogen-bond acceptors (Lipinski definition) is 8. The van der Waals surface area contributed by atoms with Gasteiger partial charge in [-0.3, -0.25) is 14.0 Å². The number of piperazine rings is 1. The van der Waals surface area contributed by atoms with Gasteiger partial charge in [0.1, 0.15) is 5.65 Å². The van der Waals surface area contributed by atoms with Gasteiger partial charge in [-0.15, -0.1) is 0 Å². The van der Waals surface area contributed by atoms with Gasteiger partial charge in [0.25, 0.3) is 5.56 Å². The van der Waals surface area contributed by atoms with Crippen molar-refractivity contribution >= 4 is 28.4 Å². The normalized spacial score (nSPS) is 15.7. The molecule has 42 heavy (non-hydrogen) atoms. The fourth-order valence-corrected chi connectivity index (χ4v) is 5.28. The fourth-order valence-electron chi connectivity index (χ4n) is 5.28. The number of fused-ring (bicyclic) bond motifs is 1. The van der Waals surface area contributed by atoms with Crippen LogP contribution in [0.4, 0.5) is 21.7 Å². The number of hydrogen-bond donors (Lipinski definition) is 1. The van der Waals surface area contributed by atoms with E-state index in [1.54, 1.807) is 35.2 Å². The predicted octanol–water partition coefficient (Wildman–Crippen LogP) is 4.80. The SMILES string of the molecule is CN1CCN(c2ccc(Nc3ncc4cc(Oc5ccccc5F)c(=O)n(Cc5ccnn5C5CC5)c4n3)cc2)CC1. The highest BCUT2D eigenvalue weighted by molar-refractivity contribution is 5.77. The molecule has 2 aromatic carbocycles. The van der Waals surface area contributed by atoms with Crippen molar-refractivity contribution in [3.05, 3.63) is 94.9 Å². The largest absolute Gasteiger partial charge is 0.448 e. The molecule has 1 aliphatic heterocycles. The maximum absolute atomic E-state index is 14.4. The Kier molecular flexibility index (Phi) is 6.79. The molecule has 2 aliphatic rings. The third kappa shape index (κ3) is 5.30. The number of para-hydroxylation sites is 1. The topological polar surface area (TPSA) is 93.3 Å². The van der Waals surface area contributed by atoms with Crippen molar-refractivity contribution in [1.29, 1.82) is 0 Å². The van der Waals surface area contributed by atoms with Crippen molar-refractivity contribution in [2.45, 2.75) is 25.4 Å². The van der Waals surface area contributed by atoms with Crippen molar-refractivity contribution in [2.24, 2.45) is 0 Å². The molecule has 214 valence electrons. The molecule has 7 rings (SSSR count). The van der Waals surface area contributed by atoms with E-state index in [2.05, 4.69) is 44.4 Å². The minimum absolute atomic E-state index is 0.00566. The average Bonchev–Trinajstić information content (AvgIpc) is 3.75. The molecule has 0 atom stereocenters. The Morgan fingerprint density at radius 1 is 1.00 bits per heavy atom. The van der Waals surface area contributed by atoms with E-state index in [4.69, 9.17) is 9.72 Å². The highest BCUT2D eigenvalue weighted by atomic mass is 19.1. The molecule has 2 fully saturated rings. The zero-order valence-electron chi connectivity index (χ0n) is 23.3. The highest BCUT2D eigenvalue weighted by Crippen LogP contribution is 2.35. The summed E-state index contributed by atoms with van der Waals surface area (Å²) in [5, 5.41) is 8.34. The predicted molar refractivity (Wildman–Crippen MR) is 159 cm³/mol. The van der Waals surface area contributed by atoms with Crippen molar-refractivity contribution in [3.63, 3.8) is 0 Å². The third-order valence-electron chi connectivity index (χ3n) is 7.81. The molecular weight excluding hydrogens is 535 g/mol. The van der Waals surface area contributed by atoms with Crippen molar-refractivity contribution in [3.8, 4) is 11.5 Å². The summed E-state index contributed by atoms with van der Waals surface area (Å²) in [6.07, 6.45) is 5.51. The van der Waals surface area contributed by atoms with E-state index in [1.807, 2.05) is 22.9 Å². The van der Waals surface area contributed by atoms with E-state index in [9.17, 15) is 9.18 Å². The van der Waals surface area contributed by atoms with E-state index in [0.29, 0.717) is 23.0 Å². The van der Waals surface area contributed by atoms with Gasteiger partial charge in [-0.1, -0.05) is 12.1 Å². The molecule has 3 aromatic heterocycles. The summed E-state index contributed by atoms with van der Waals surface area (Å²) in [6.45, 7) is 4.31. The Labute approximate surface area is 242 Å². The third-order valence-corrected chi connectivity index (χ3v) is 7.81. The lowest BCUT2D eigenvalue weighted by atomic mass is 10.2. The van der Waals surface area contributed by atoms with E-state index in [1.165, 1.54) is 17.8 Å². The first-order valence-corrected chi connectivity index (χ1v) is 14.2. The number of anilines is 3. The van der Waals surface area contributed by atoms with Crippen LogP contribution in [0.15, 0.2) is 77.9 Å². The van der Waals surface area contributed by atoms with Crippen LogP contribution in [0.5, 0.6) is 11.5 Å². The van der Waals surface area contributed by atoms with E-state index in [-0.39, 0.29) is 18.0 Å². The average molecular weight is 567 g/mol. The number of benzene rings is 2. The van der Waals surface area contributed by atoms with Crippen molar-refractivity contribution < 1.29 is 9.13 Å². The Bertz CT molecular complexity index is 1790. The lowest BCUT2D eigenvalue weighted by Gasteiger charge is -2.34. The maximum Gasteiger partial charge on any atom is 0.295 e. The molecule has 1 saturated carbocycles. The van der Waals surface area contributed by atoms with Crippen LogP contribution >= 0.6 is 0 Å². The summed E-state index contributed by atoms with van der Waals surface area (Å²) < 4.78 is 23.7. The Hall–Kier alpha value is -4.77. The van der Waals surface area contributed by atoms with Gasteiger partial charge in [-0.2, -0.15) is 10.1 Å². The van der Waals surface area contributed by atoms with E-state index >= 15 is 0 Å². The summed E-state index contributed by atoms with van der Waals surface area (Å²) in [4.78, 5) is 27.8. The van der Waals surface area contributed by atoms with Gasteiger partial charge in [0.05, 0.1) is 18.3 Å². The highest BCUT2D eigenvalue weighted by Gasteiger charge is 2.27. The quantitative estimate of drug-likeness (QED) is 0.287. The van der Waals surface area contributed by atoms with Crippen LogP contribution in [0.1, 0.15) is 24.6 Å². The van der Waals surface area contributed by atoms with Crippen LogP contribution in [-0.2, 0) is 6.54 Å². The van der Waals surface area contributed by atoms with E-state index in [0.717, 1.165) is 50.4 Å². The molecule has 4 heterocycles. The van der Waals surface area contributed by atoms with Crippen LogP contribution in [0, 0.1) is 5.82 Å². The first-order chi connectivity index (χ1) is 20.5. The zero-order chi connectivity index (χ0) is 28.6. The standard InChI is InChI=1S/C31H31FN8O2/c1-37-14-16-38(17-15-37)23-8-6-22(7-9-23)35-31-33-19-21-18-28(42-27-5-3-2-4-26(27)32)30(41)39(29(21)36-31)20-25-12-13-34-40(25)24-10-11-24/h2-9,12-13,18-19,24H,10-11,14-17,20H2,1H3,(H,33,35,36). The Morgan fingerprint density at radius 3 is 2.55 bits per heavy atom. The number of halogens is 1. The fraction of sp³-hybridized carbons (Fsp3) is 0.290. The number of likely N-dealkylation sites (N-methyl/N-ethyl adjacent to an activating group) is 1. The number of pyridine rings is 1. The number of ether oxygens (including phenoxy) is 1. The molecule has 0 bridgehead atoms. The Morgan fingerprint density at radius 2 is 1.79 bits per heavy atom. The molecule has 0 unspecified atom stereocenters. The van der Waals surface area contributed by atoms with Crippen LogP contribution in [0.3, 0.4) is 0 Å². The van der Waals surface area contributed by atoms with Gasteiger partial charge in [0.15, 0.2) is 17.3 Å². The molecule has 0 amide bonds. The second-order valence-corrected chi connectivity index (χ2v) is 10.9. The van der Waals surface area contributed by atoms with Crippen LogP contribution in [0.25, 0.3) is 11.0 Å². The van der Waals surface area contributed by atoms with Crippen molar-refractivity contribution in [1.82, 2.24) is 29.2 Å². The Balaban J connectivity index is 1.22. The molecule has 0 spiro atoms. The molecule has 5 aromatic rings. The van der Waals surface area contributed by atoms with Gasteiger partial charge in [-0.05, 0) is 68.4 Å². The summed E-state index contributed by atoms with van der Waals surface area (Å²) in [5.74, 6) is -0.220. The molecular formula is C31H31FN8O2. The maximum atomic E-state index is 14.4. The van der Waals surface area contributed by atoms with Gasteiger partial charge in [-0.25, -0.2) is 9.37 Å². The van der Waals surface area contributed by atoms with Gasteiger partial charge in [0, 0.05) is 55.3 Å². The summed E-state index contributed by atoms with van der Waals surface area (Å²) in [6, 6.07) is 18.0. The van der Waals surface area contributed by atoms with Gasteiger partial charge >= 0.3 is 0 Å². The molecule has 1 N–H and O–H groups in total. The van der Waals surface area contributed by atoms with Crippen LogP contribution in [-0.4, -0.2) is 62.4 Å². The summed E-state index contributed by atoms with van der Waals surface area (Å²) in [5.41, 5.74) is 2.92. The zero-order valence-corrected chi connectivity index (χ0v) is 23.3. The first-order valence-electron chi connectivity index (χ1n) is 14.2. The van der Waals surface area contributed by atoms with Gasteiger partial charge < -0.3 is 19.9 Å². The molecule has 1 aliphatic carbocycles. The number of nitrogens with zero attached hydrogens (tertiary/aromatic N) is 7. The first kappa shape index (κ1) is 26.1. The lowest BCUT2D eigenvalue weighted by Crippen LogP contribution is -2.44. The molecule has 10 nitrogen and oxygen atoms in total. The lowest BCUT2D eigenvalue weighted by molar-refractivity contribution is 0.313. The molecule has 11 heteroatoms. The summed E-state index contributed by atoms with van der Waals surface area (Å²) in [7, 11) is 2.14. The monoisotopic (exact) mass is 566 g/mol. The van der Waals surface area contributed by atoms with Crippen LogP contribution < -0.4 is 20.5 Å². The second kappa shape index (κ2) is 10.9. The van der Waals surface area contributed by atoms with Crippen molar-refractivity contribution in [2.75, 3.05) is 43.4 Å². The smallest absolute Gasteiger partial charge is 0.295 e. The van der Waals surface area contributed by atoms with E-state index < -0.39 is 11.4 Å². The number of aromatic nitrogens is 5.